The van der Waals surface area contributed by atoms with E-state index in [2.05, 4.69) is 15.2 Å². The van der Waals surface area contributed by atoms with Crippen LogP contribution in [0, 0.1) is 24.0 Å². The number of Topliss-reactive ketones (excluding diaryl/α,β-unsaturated/α-hetero) is 1. The zero-order valence-corrected chi connectivity index (χ0v) is 26.0. The summed E-state index contributed by atoms with van der Waals surface area (Å²) in [6, 6.07) is 13.1. The second kappa shape index (κ2) is 11.7. The maximum absolute atomic E-state index is 13.6. The van der Waals surface area contributed by atoms with E-state index in [1.54, 1.807) is 35.7 Å². The maximum Gasteiger partial charge on any atom is 0.301 e. The van der Waals surface area contributed by atoms with Gasteiger partial charge < -0.3 is 9.51 Å². The average Bonchev–Trinajstić information content (AvgIpc) is 3.67. The van der Waals surface area contributed by atoms with Gasteiger partial charge in [0, 0.05) is 34.1 Å². The fourth-order valence-corrected chi connectivity index (χ4v) is 7.36. The van der Waals surface area contributed by atoms with Crippen LogP contribution in [0.15, 0.2) is 70.7 Å². The predicted molar refractivity (Wildman–Crippen MR) is 168 cm³/mol. The van der Waals surface area contributed by atoms with Crippen molar-refractivity contribution in [3.8, 4) is 0 Å². The molecular formula is C29H20Cl2N6O5S2. The lowest BCUT2D eigenvalue weighted by Gasteiger charge is -2.22. The van der Waals surface area contributed by atoms with Crippen LogP contribution < -0.4 is 4.90 Å². The predicted octanol–water partition coefficient (Wildman–Crippen LogP) is 6.94. The minimum Gasteiger partial charge on any atom is -0.505 e. The number of halogens is 2. The van der Waals surface area contributed by atoms with E-state index < -0.39 is 28.4 Å². The van der Waals surface area contributed by atoms with Crippen molar-refractivity contribution in [3.05, 3.63) is 115 Å². The second-order valence-corrected chi connectivity index (χ2v) is 12.8. The molecule has 1 fully saturated rings. The molecule has 0 saturated carbocycles. The number of pyridine rings is 1. The molecule has 2 aromatic carbocycles. The number of hydrogen-bond acceptors (Lipinski definition) is 10. The summed E-state index contributed by atoms with van der Waals surface area (Å²) in [6.45, 7) is 3.61. The van der Waals surface area contributed by atoms with Crippen LogP contribution in [0.2, 0.25) is 10.0 Å². The Morgan fingerprint density at radius 2 is 1.86 bits per heavy atom. The highest BCUT2D eigenvalue weighted by atomic mass is 35.5. The Kier molecular flexibility index (Phi) is 7.88. The molecule has 1 aliphatic rings. The van der Waals surface area contributed by atoms with Gasteiger partial charge in [-0.1, -0.05) is 58.4 Å². The molecule has 1 unspecified atom stereocenters. The summed E-state index contributed by atoms with van der Waals surface area (Å²) >= 11 is 14.7. The van der Waals surface area contributed by atoms with E-state index in [0.717, 1.165) is 27.4 Å². The van der Waals surface area contributed by atoms with Crippen LogP contribution in [0.4, 0.5) is 10.8 Å². The van der Waals surface area contributed by atoms with Gasteiger partial charge in [-0.05, 0) is 60.9 Å². The Morgan fingerprint density at radius 1 is 1.11 bits per heavy atom. The summed E-state index contributed by atoms with van der Waals surface area (Å²) < 4.78 is 2.28. The molecule has 222 valence electrons. The maximum atomic E-state index is 13.6. The van der Waals surface area contributed by atoms with Crippen LogP contribution in [-0.4, -0.2) is 41.3 Å². The van der Waals surface area contributed by atoms with E-state index >= 15 is 0 Å². The number of carbonyl (C=O) groups excluding carboxylic acids is 2. The Hall–Kier alpha value is -4.30. The Balaban J connectivity index is 1.44. The van der Waals surface area contributed by atoms with Crippen molar-refractivity contribution in [2.45, 2.75) is 30.0 Å². The van der Waals surface area contributed by atoms with E-state index in [1.165, 1.54) is 36.0 Å². The molecule has 15 heteroatoms. The van der Waals surface area contributed by atoms with Gasteiger partial charge in [-0.15, -0.1) is 10.2 Å². The molecule has 11 nitrogen and oxygen atoms in total. The molecule has 3 aromatic heterocycles. The first-order chi connectivity index (χ1) is 21.0. The Bertz CT molecular complexity index is 2020. The normalized spacial score (nSPS) is 16.3. The number of imidazole rings is 1. The number of amides is 1. The number of fused-ring (bicyclic) bond motifs is 1. The monoisotopic (exact) mass is 666 g/mol. The summed E-state index contributed by atoms with van der Waals surface area (Å²) in [4.78, 5) is 43.7. The first-order valence-electron chi connectivity index (χ1n) is 13.0. The van der Waals surface area contributed by atoms with Gasteiger partial charge in [0.25, 0.3) is 11.5 Å². The minimum absolute atomic E-state index is 0.113. The number of carbonyl (C=O) groups is 2. The molecule has 0 bridgehead atoms. The molecule has 5 aromatic rings. The van der Waals surface area contributed by atoms with E-state index in [-0.39, 0.29) is 22.1 Å². The number of aryl methyl sites for hydroxylation is 2. The van der Waals surface area contributed by atoms with Crippen molar-refractivity contribution in [3.63, 3.8) is 0 Å². The van der Waals surface area contributed by atoms with Crippen LogP contribution in [0.3, 0.4) is 0 Å². The zero-order chi connectivity index (χ0) is 31.3. The van der Waals surface area contributed by atoms with Crippen LogP contribution in [-0.2, 0) is 15.3 Å². The number of benzene rings is 2. The van der Waals surface area contributed by atoms with Crippen LogP contribution in [0.1, 0.15) is 34.1 Å². The third-order valence-electron chi connectivity index (χ3n) is 7.14. The molecule has 0 aliphatic carbocycles. The van der Waals surface area contributed by atoms with Crippen molar-refractivity contribution in [2.24, 2.45) is 0 Å². The summed E-state index contributed by atoms with van der Waals surface area (Å²) in [5.41, 5.74) is 2.91. The van der Waals surface area contributed by atoms with Crippen molar-refractivity contribution < 1.29 is 19.6 Å². The number of hydrogen-bond donors (Lipinski definition) is 1. The zero-order valence-electron chi connectivity index (χ0n) is 22.9. The number of aliphatic hydroxyl groups is 1. The quantitative estimate of drug-likeness (QED) is 0.0371. The lowest BCUT2D eigenvalue weighted by molar-refractivity contribution is -0.384. The number of nitrogens with zero attached hydrogens (tertiary/aromatic N) is 6. The molecule has 6 rings (SSSR count). The summed E-state index contributed by atoms with van der Waals surface area (Å²) in [5, 5.41) is 32.5. The highest BCUT2D eigenvalue weighted by Crippen LogP contribution is 2.44. The molecule has 4 heterocycles. The Morgan fingerprint density at radius 3 is 2.55 bits per heavy atom. The third-order valence-corrected chi connectivity index (χ3v) is 9.83. The number of anilines is 1. The number of aromatic nitrogens is 4. The largest absolute Gasteiger partial charge is 0.505 e. The number of rotatable bonds is 7. The number of nitro groups is 1. The van der Waals surface area contributed by atoms with Gasteiger partial charge in [-0.2, -0.15) is 0 Å². The highest BCUT2D eigenvalue weighted by Gasteiger charge is 2.49. The van der Waals surface area contributed by atoms with Gasteiger partial charge >= 0.3 is 5.91 Å². The van der Waals surface area contributed by atoms with Crippen molar-refractivity contribution >= 4 is 80.2 Å². The number of ketones is 1. The summed E-state index contributed by atoms with van der Waals surface area (Å²) in [5.74, 6) is -1.90. The highest BCUT2D eigenvalue weighted by molar-refractivity contribution is 8.00. The molecule has 1 aliphatic heterocycles. The third kappa shape index (κ3) is 5.21. The van der Waals surface area contributed by atoms with Gasteiger partial charge in [-0.3, -0.25) is 24.6 Å². The standard InChI is InChI=1S/C29H20Cl2N6O5S2/c1-14-4-3-11-35-15(2)22(32-26(14)35)24(38)21-23(16-6-9-19(10-7-16)37(41)42)36(27(40)25(21)39)28-33-34-29(44-28)43-13-17-5-8-18(30)12-20(17)31/h3-12,23,38H,13H2,1-2H3/b24-21+. The molecular weight excluding hydrogens is 647 g/mol. The van der Waals surface area contributed by atoms with Crippen molar-refractivity contribution in [2.75, 3.05) is 4.90 Å². The van der Waals surface area contributed by atoms with Gasteiger partial charge in [0.15, 0.2) is 10.1 Å². The second-order valence-electron chi connectivity index (χ2n) is 9.82. The molecule has 1 atom stereocenters. The fourth-order valence-electron chi connectivity index (χ4n) is 4.93. The fraction of sp³-hybridized carbons (Fsp3) is 0.138. The number of nitro benzene ring substituents is 1. The van der Waals surface area contributed by atoms with Crippen LogP contribution >= 0.6 is 46.3 Å². The lowest BCUT2D eigenvalue weighted by atomic mass is 9.96. The first kappa shape index (κ1) is 29.8. The van der Waals surface area contributed by atoms with Gasteiger partial charge in [-0.25, -0.2) is 4.98 Å². The molecule has 0 radical (unpaired) electrons. The van der Waals surface area contributed by atoms with Crippen LogP contribution in [0.5, 0.6) is 0 Å². The van der Waals surface area contributed by atoms with Gasteiger partial charge in [0.1, 0.15) is 11.3 Å². The number of thioether (sulfide) groups is 1. The van der Waals surface area contributed by atoms with E-state index in [9.17, 15) is 24.8 Å². The summed E-state index contributed by atoms with van der Waals surface area (Å²) in [7, 11) is 0. The van der Waals surface area contributed by atoms with Gasteiger partial charge in [0.2, 0.25) is 5.13 Å². The smallest absolute Gasteiger partial charge is 0.301 e. The average molecular weight is 668 g/mol. The number of aliphatic hydroxyl groups excluding tert-OH is 1. The van der Waals surface area contributed by atoms with Crippen molar-refractivity contribution in [1.82, 2.24) is 19.6 Å². The van der Waals surface area contributed by atoms with Crippen molar-refractivity contribution in [1.29, 1.82) is 0 Å². The topological polar surface area (TPSA) is 144 Å². The minimum atomic E-state index is -1.15. The molecule has 44 heavy (non-hydrogen) atoms. The SMILES string of the molecule is Cc1cccn2c(C)c(/C(O)=C3\C(=O)C(=O)N(c4nnc(SCc5ccc(Cl)cc5Cl)s4)C3c3ccc([N+](=O)[O-])cc3)nc12. The molecule has 0 spiro atoms. The molecule has 1 N–H and O–H groups in total. The molecule has 1 saturated heterocycles. The van der Waals surface area contributed by atoms with Crippen LogP contribution in [0.25, 0.3) is 11.4 Å². The Labute approximate surface area is 267 Å². The summed E-state index contributed by atoms with van der Waals surface area (Å²) in [6.07, 6.45) is 1.78. The first-order valence-corrected chi connectivity index (χ1v) is 15.5. The lowest BCUT2D eigenvalue weighted by Crippen LogP contribution is -2.29. The van der Waals surface area contributed by atoms with E-state index in [0.29, 0.717) is 37.0 Å². The number of non-ortho nitro benzene ring substituents is 1. The molecule has 1 amide bonds. The van der Waals surface area contributed by atoms with E-state index in [1.807, 2.05) is 19.1 Å². The van der Waals surface area contributed by atoms with E-state index in [4.69, 9.17) is 23.2 Å². The van der Waals surface area contributed by atoms with Gasteiger partial charge in [0.05, 0.1) is 22.2 Å².